The van der Waals surface area contributed by atoms with Gasteiger partial charge in [-0.05, 0) is 56.0 Å². The molecule has 1 aliphatic rings. The van der Waals surface area contributed by atoms with Crippen LogP contribution in [0.2, 0.25) is 0 Å². The second-order valence-corrected chi connectivity index (χ2v) is 8.34. The Bertz CT molecular complexity index is 1090. The van der Waals surface area contributed by atoms with E-state index >= 15 is 0 Å². The summed E-state index contributed by atoms with van der Waals surface area (Å²) < 4.78 is 1.99. The molecule has 6 heteroatoms. The molecule has 1 saturated carbocycles. The van der Waals surface area contributed by atoms with Gasteiger partial charge in [-0.2, -0.15) is 0 Å². The monoisotopic (exact) mass is 401 g/mol. The van der Waals surface area contributed by atoms with Gasteiger partial charge in [-0.3, -0.25) is 0 Å². The Balaban J connectivity index is 1.32. The minimum absolute atomic E-state index is 0.627. The standard InChI is InChI=1S/C23H23N5S/c1-16-5-8-19(25-18-3-2-4-18)13-21(16)26-23-27-22(14-29-23)17-6-9-20(10-7-17)28-12-11-24-15-28/h5-15,18,25H,2-4H2,1H3,(H,26,27). The van der Waals surface area contributed by atoms with E-state index in [-0.39, 0.29) is 0 Å². The summed E-state index contributed by atoms with van der Waals surface area (Å²) in [5, 5.41) is 10.1. The number of aromatic nitrogens is 3. The van der Waals surface area contributed by atoms with E-state index in [1.807, 2.05) is 10.8 Å². The number of anilines is 3. The highest BCUT2D eigenvalue weighted by Gasteiger charge is 2.17. The third-order valence-electron chi connectivity index (χ3n) is 5.42. The lowest BCUT2D eigenvalue weighted by molar-refractivity contribution is 0.445. The molecule has 2 N–H and O–H groups in total. The number of nitrogens with one attached hydrogen (secondary N) is 2. The van der Waals surface area contributed by atoms with Gasteiger partial charge in [0, 0.05) is 46.4 Å². The minimum atomic E-state index is 0.627. The third kappa shape index (κ3) is 3.89. The number of benzene rings is 2. The largest absolute Gasteiger partial charge is 0.382 e. The molecule has 1 aliphatic carbocycles. The number of aryl methyl sites for hydroxylation is 1. The summed E-state index contributed by atoms with van der Waals surface area (Å²) in [6.07, 6.45) is 9.40. The van der Waals surface area contributed by atoms with Crippen molar-refractivity contribution in [3.8, 4) is 16.9 Å². The summed E-state index contributed by atoms with van der Waals surface area (Å²) >= 11 is 1.63. The lowest BCUT2D eigenvalue weighted by atomic mass is 9.93. The Morgan fingerprint density at radius 3 is 2.69 bits per heavy atom. The summed E-state index contributed by atoms with van der Waals surface area (Å²) in [4.78, 5) is 8.89. The van der Waals surface area contributed by atoms with Crippen LogP contribution < -0.4 is 10.6 Å². The van der Waals surface area contributed by atoms with Gasteiger partial charge in [0.15, 0.2) is 5.13 Å². The molecule has 5 nitrogen and oxygen atoms in total. The molecule has 5 rings (SSSR count). The Labute approximate surface area is 174 Å². The zero-order valence-electron chi connectivity index (χ0n) is 16.3. The SMILES string of the molecule is Cc1ccc(NC2CCC2)cc1Nc1nc(-c2ccc(-n3ccnc3)cc2)cs1. The molecule has 29 heavy (non-hydrogen) atoms. The van der Waals surface area contributed by atoms with Crippen LogP contribution in [0.3, 0.4) is 0 Å². The minimum Gasteiger partial charge on any atom is -0.382 e. The molecule has 2 heterocycles. The molecular weight excluding hydrogens is 378 g/mol. The van der Waals surface area contributed by atoms with Gasteiger partial charge in [0.25, 0.3) is 0 Å². The summed E-state index contributed by atoms with van der Waals surface area (Å²) in [5.41, 5.74) is 6.67. The van der Waals surface area contributed by atoms with E-state index in [9.17, 15) is 0 Å². The highest BCUT2D eigenvalue weighted by molar-refractivity contribution is 7.14. The van der Waals surface area contributed by atoms with Crippen molar-refractivity contribution in [3.63, 3.8) is 0 Å². The van der Waals surface area contributed by atoms with E-state index in [1.165, 1.54) is 30.5 Å². The number of nitrogens with zero attached hydrogens (tertiary/aromatic N) is 3. The molecule has 2 aromatic heterocycles. The van der Waals surface area contributed by atoms with Crippen LogP contribution in [0.1, 0.15) is 24.8 Å². The molecule has 0 unspecified atom stereocenters. The second kappa shape index (κ2) is 7.72. The number of hydrogen-bond acceptors (Lipinski definition) is 5. The zero-order chi connectivity index (χ0) is 19.6. The van der Waals surface area contributed by atoms with Crippen LogP contribution in [-0.4, -0.2) is 20.6 Å². The fourth-order valence-electron chi connectivity index (χ4n) is 3.43. The van der Waals surface area contributed by atoms with Crippen molar-refractivity contribution < 1.29 is 0 Å². The van der Waals surface area contributed by atoms with Gasteiger partial charge in [-0.15, -0.1) is 11.3 Å². The van der Waals surface area contributed by atoms with Crippen LogP contribution >= 0.6 is 11.3 Å². The van der Waals surface area contributed by atoms with E-state index in [4.69, 9.17) is 4.98 Å². The smallest absolute Gasteiger partial charge is 0.187 e. The summed E-state index contributed by atoms with van der Waals surface area (Å²) in [6.45, 7) is 2.12. The molecule has 0 radical (unpaired) electrons. The first-order valence-corrected chi connectivity index (χ1v) is 10.8. The van der Waals surface area contributed by atoms with Crippen LogP contribution in [0.15, 0.2) is 66.6 Å². The lowest BCUT2D eigenvalue weighted by Crippen LogP contribution is -2.26. The average Bonchev–Trinajstić information content (AvgIpc) is 3.39. The van der Waals surface area contributed by atoms with Crippen LogP contribution in [0.5, 0.6) is 0 Å². The quantitative estimate of drug-likeness (QED) is 0.415. The Morgan fingerprint density at radius 2 is 1.97 bits per heavy atom. The zero-order valence-corrected chi connectivity index (χ0v) is 17.1. The molecular formula is C23H23N5S. The number of imidazole rings is 1. The maximum atomic E-state index is 4.80. The maximum absolute atomic E-state index is 4.80. The molecule has 146 valence electrons. The number of thiazole rings is 1. The first-order valence-electron chi connectivity index (χ1n) is 9.93. The van der Waals surface area contributed by atoms with Crippen molar-refractivity contribution >= 4 is 27.8 Å². The van der Waals surface area contributed by atoms with Gasteiger partial charge in [0.2, 0.25) is 0 Å². The van der Waals surface area contributed by atoms with Crippen molar-refractivity contribution in [2.24, 2.45) is 0 Å². The molecule has 0 spiro atoms. The van der Waals surface area contributed by atoms with Gasteiger partial charge in [-0.25, -0.2) is 9.97 Å². The predicted molar refractivity (Wildman–Crippen MR) is 120 cm³/mol. The first-order chi connectivity index (χ1) is 14.2. The van der Waals surface area contributed by atoms with Crippen molar-refractivity contribution in [2.75, 3.05) is 10.6 Å². The van der Waals surface area contributed by atoms with Crippen LogP contribution in [-0.2, 0) is 0 Å². The fraction of sp³-hybridized carbons (Fsp3) is 0.217. The topological polar surface area (TPSA) is 54.8 Å². The van der Waals surface area contributed by atoms with E-state index in [2.05, 4.69) is 70.4 Å². The average molecular weight is 402 g/mol. The highest BCUT2D eigenvalue weighted by atomic mass is 32.1. The molecule has 2 aromatic carbocycles. The van der Waals surface area contributed by atoms with Crippen LogP contribution in [0.25, 0.3) is 16.9 Å². The predicted octanol–water partition coefficient (Wildman–Crippen LogP) is 6.01. The summed E-state index contributed by atoms with van der Waals surface area (Å²) in [5.74, 6) is 0. The van der Waals surface area contributed by atoms with Crippen LogP contribution in [0.4, 0.5) is 16.5 Å². The molecule has 0 atom stereocenters. The molecule has 1 fully saturated rings. The third-order valence-corrected chi connectivity index (χ3v) is 6.18. The Hall–Kier alpha value is -3.12. The molecule has 0 amide bonds. The lowest BCUT2D eigenvalue weighted by Gasteiger charge is -2.27. The van der Waals surface area contributed by atoms with Crippen LogP contribution in [0, 0.1) is 6.92 Å². The summed E-state index contributed by atoms with van der Waals surface area (Å²) in [7, 11) is 0. The van der Waals surface area contributed by atoms with Crippen molar-refractivity contribution in [1.29, 1.82) is 0 Å². The van der Waals surface area contributed by atoms with Gasteiger partial charge in [-0.1, -0.05) is 18.2 Å². The van der Waals surface area contributed by atoms with Gasteiger partial charge in [0.1, 0.15) is 0 Å². The molecule has 0 bridgehead atoms. The van der Waals surface area contributed by atoms with Gasteiger partial charge < -0.3 is 15.2 Å². The van der Waals surface area contributed by atoms with E-state index in [0.717, 1.165) is 27.8 Å². The normalized spacial score (nSPS) is 13.8. The number of rotatable bonds is 6. The molecule has 0 aliphatic heterocycles. The van der Waals surface area contributed by atoms with E-state index < -0.39 is 0 Å². The van der Waals surface area contributed by atoms with Crippen molar-refractivity contribution in [1.82, 2.24) is 14.5 Å². The van der Waals surface area contributed by atoms with Crippen molar-refractivity contribution in [2.45, 2.75) is 32.2 Å². The molecule has 0 saturated heterocycles. The van der Waals surface area contributed by atoms with E-state index in [0.29, 0.717) is 6.04 Å². The van der Waals surface area contributed by atoms with Crippen molar-refractivity contribution in [3.05, 3.63) is 72.1 Å². The first kappa shape index (κ1) is 17.9. The van der Waals surface area contributed by atoms with E-state index in [1.54, 1.807) is 23.9 Å². The van der Waals surface area contributed by atoms with Gasteiger partial charge >= 0.3 is 0 Å². The fourth-order valence-corrected chi connectivity index (χ4v) is 4.16. The summed E-state index contributed by atoms with van der Waals surface area (Å²) in [6, 6.07) is 15.5. The Morgan fingerprint density at radius 1 is 1.10 bits per heavy atom. The number of hydrogen-bond donors (Lipinski definition) is 2. The molecule has 4 aromatic rings. The second-order valence-electron chi connectivity index (χ2n) is 7.48. The Kier molecular flexibility index (Phi) is 4.77. The maximum Gasteiger partial charge on any atom is 0.187 e. The van der Waals surface area contributed by atoms with Gasteiger partial charge in [0.05, 0.1) is 12.0 Å². The highest BCUT2D eigenvalue weighted by Crippen LogP contribution is 2.31.